The number of amides is 1. The standard InChI is InChI=1S/C55H79Cl2NO11/c1-2-3-4-5-6-7-8-11-19-26-47(67-50(61)27-20-12-9-14-22-37-64-45-33-29-43(56)30-34-45)39-49(60)58-52-54(53(63)48(40-59)68-55(52)66-41-42-24-17-16-18-25-42)69-51(62)28-21-13-10-15-23-38-65-46-35-31-44(57)32-36-46/h16-18,24-25,29-36,47-48,52-55,59,63H,2-15,19-23,26-28,37-41H2,1H3,(H,58,60)/t47-,48+,52+,53+,54+,55+/m0/s1. The van der Waals surface area contributed by atoms with Crippen molar-refractivity contribution in [3.05, 3.63) is 94.5 Å². The molecule has 3 aromatic carbocycles. The quantitative estimate of drug-likeness (QED) is 0.0373. The summed E-state index contributed by atoms with van der Waals surface area (Å²) in [5.41, 5.74) is 0.832. The Morgan fingerprint density at radius 3 is 1.71 bits per heavy atom. The van der Waals surface area contributed by atoms with E-state index < -0.39 is 55.2 Å². The summed E-state index contributed by atoms with van der Waals surface area (Å²) in [6, 6.07) is 22.8. The van der Waals surface area contributed by atoms with E-state index in [-0.39, 0.29) is 31.8 Å². The Morgan fingerprint density at radius 2 is 1.16 bits per heavy atom. The van der Waals surface area contributed by atoms with Crippen LogP contribution in [0.1, 0.15) is 160 Å². The highest BCUT2D eigenvalue weighted by Crippen LogP contribution is 2.27. The monoisotopic (exact) mass is 1000 g/mol. The minimum absolute atomic E-state index is 0.0908. The smallest absolute Gasteiger partial charge is 0.306 e. The average Bonchev–Trinajstić information content (AvgIpc) is 3.34. The maximum atomic E-state index is 14.1. The lowest BCUT2D eigenvalue weighted by molar-refractivity contribution is -0.276. The predicted molar refractivity (Wildman–Crippen MR) is 270 cm³/mol. The second kappa shape index (κ2) is 35.2. The largest absolute Gasteiger partial charge is 0.494 e. The average molecular weight is 1000 g/mol. The lowest BCUT2D eigenvalue weighted by Gasteiger charge is -2.43. The van der Waals surface area contributed by atoms with Crippen molar-refractivity contribution in [3.8, 4) is 11.5 Å². The van der Waals surface area contributed by atoms with E-state index in [0.717, 1.165) is 94.1 Å². The molecule has 0 bridgehead atoms. The number of nitrogens with one attached hydrogen (secondary N) is 1. The van der Waals surface area contributed by atoms with Crippen molar-refractivity contribution < 1.29 is 53.0 Å². The fourth-order valence-electron chi connectivity index (χ4n) is 8.29. The van der Waals surface area contributed by atoms with Crippen LogP contribution in [-0.4, -0.2) is 84.6 Å². The summed E-state index contributed by atoms with van der Waals surface area (Å²) in [7, 11) is 0. The third kappa shape index (κ3) is 24.7. The number of ether oxygens (including phenoxy) is 6. The first-order valence-corrected chi connectivity index (χ1v) is 26.5. The van der Waals surface area contributed by atoms with Gasteiger partial charge in [-0.05, 0) is 92.6 Å². The first-order chi connectivity index (χ1) is 33.6. The number of carbonyl (C=O) groups is 3. The van der Waals surface area contributed by atoms with Crippen molar-refractivity contribution in [2.75, 3.05) is 19.8 Å². The van der Waals surface area contributed by atoms with Crippen LogP contribution in [0.2, 0.25) is 10.0 Å². The van der Waals surface area contributed by atoms with Crippen LogP contribution in [0, 0.1) is 0 Å². The third-order valence-corrected chi connectivity index (χ3v) is 12.8. The van der Waals surface area contributed by atoms with Crippen molar-refractivity contribution in [1.29, 1.82) is 0 Å². The fourth-order valence-corrected chi connectivity index (χ4v) is 8.55. The summed E-state index contributed by atoms with van der Waals surface area (Å²) in [6.07, 6.45) is 13.5. The lowest BCUT2D eigenvalue weighted by atomic mass is 9.96. The highest BCUT2D eigenvalue weighted by atomic mass is 35.5. The van der Waals surface area contributed by atoms with Gasteiger partial charge in [0, 0.05) is 22.9 Å². The minimum Gasteiger partial charge on any atom is -0.494 e. The van der Waals surface area contributed by atoms with Crippen molar-refractivity contribution >= 4 is 41.0 Å². The maximum absolute atomic E-state index is 14.1. The zero-order valence-electron chi connectivity index (χ0n) is 40.9. The zero-order valence-corrected chi connectivity index (χ0v) is 42.4. The summed E-state index contributed by atoms with van der Waals surface area (Å²) in [5.74, 6) is 0.187. The second-order valence-electron chi connectivity index (χ2n) is 18.1. The van der Waals surface area contributed by atoms with Crippen molar-refractivity contribution in [3.63, 3.8) is 0 Å². The molecule has 1 heterocycles. The number of hydrogen-bond donors (Lipinski definition) is 3. The molecule has 4 rings (SSSR count). The van der Waals surface area contributed by atoms with Crippen LogP contribution in [0.25, 0.3) is 0 Å². The van der Waals surface area contributed by atoms with Gasteiger partial charge >= 0.3 is 11.9 Å². The Balaban J connectivity index is 1.32. The van der Waals surface area contributed by atoms with E-state index in [9.17, 15) is 24.6 Å². The van der Waals surface area contributed by atoms with Crippen LogP contribution in [0.4, 0.5) is 0 Å². The molecule has 1 amide bonds. The predicted octanol–water partition coefficient (Wildman–Crippen LogP) is 12.0. The number of aliphatic hydroxyl groups excluding tert-OH is 2. The highest BCUT2D eigenvalue weighted by molar-refractivity contribution is 6.30. The van der Waals surface area contributed by atoms with Gasteiger partial charge in [0.2, 0.25) is 5.91 Å². The number of esters is 2. The Bertz CT molecular complexity index is 1820. The van der Waals surface area contributed by atoms with E-state index in [0.29, 0.717) is 42.5 Å². The van der Waals surface area contributed by atoms with Crippen LogP contribution in [0.3, 0.4) is 0 Å². The molecular weight excluding hydrogens is 922 g/mol. The molecule has 384 valence electrons. The van der Waals surface area contributed by atoms with Crippen molar-refractivity contribution in [2.45, 2.75) is 198 Å². The van der Waals surface area contributed by atoms with Gasteiger partial charge in [-0.3, -0.25) is 14.4 Å². The van der Waals surface area contributed by atoms with Crippen LogP contribution in [-0.2, 0) is 39.9 Å². The summed E-state index contributed by atoms with van der Waals surface area (Å²) >= 11 is 11.9. The molecule has 14 heteroatoms. The second-order valence-corrected chi connectivity index (χ2v) is 19.0. The Kier molecular flexibility index (Phi) is 29.4. The topological polar surface area (TPSA) is 159 Å². The van der Waals surface area contributed by atoms with Gasteiger partial charge in [0.25, 0.3) is 0 Å². The van der Waals surface area contributed by atoms with E-state index in [1.165, 1.54) is 32.1 Å². The molecule has 0 spiro atoms. The molecular formula is C55H79Cl2NO11. The van der Waals surface area contributed by atoms with Crippen molar-refractivity contribution in [1.82, 2.24) is 5.32 Å². The molecule has 69 heavy (non-hydrogen) atoms. The number of benzene rings is 3. The minimum atomic E-state index is -1.46. The normalized spacial score (nSPS) is 18.3. The van der Waals surface area contributed by atoms with Crippen LogP contribution < -0.4 is 14.8 Å². The van der Waals surface area contributed by atoms with Gasteiger partial charge in [-0.1, -0.05) is 150 Å². The number of hydrogen-bond acceptors (Lipinski definition) is 11. The van der Waals surface area contributed by atoms with Gasteiger partial charge in [-0.25, -0.2) is 0 Å². The molecule has 0 aromatic heterocycles. The molecule has 1 fully saturated rings. The Morgan fingerprint density at radius 1 is 0.652 bits per heavy atom. The molecule has 1 aliphatic rings. The van der Waals surface area contributed by atoms with Crippen LogP contribution in [0.15, 0.2) is 78.9 Å². The van der Waals surface area contributed by atoms with Crippen LogP contribution in [0.5, 0.6) is 11.5 Å². The molecule has 0 saturated carbocycles. The molecule has 12 nitrogen and oxygen atoms in total. The van der Waals surface area contributed by atoms with Gasteiger partial charge in [-0.15, -0.1) is 0 Å². The van der Waals surface area contributed by atoms with E-state index >= 15 is 0 Å². The number of rotatable bonds is 37. The number of unbranched alkanes of at least 4 members (excludes halogenated alkanes) is 16. The first kappa shape index (κ1) is 57.7. The number of aliphatic hydroxyl groups is 2. The molecule has 3 aromatic rings. The number of carbonyl (C=O) groups excluding carboxylic acids is 3. The molecule has 0 aliphatic carbocycles. The SMILES string of the molecule is CCCCCCCCCCC[C@@H](CC(=O)N[C@H]1[C@H](OCc2ccccc2)O[C@H](CO)[C@@H](O)[C@@H]1OC(=O)CCCCCCCOc1ccc(Cl)cc1)OC(=O)CCCCCCCOc1ccc(Cl)cc1. The van der Waals surface area contributed by atoms with Gasteiger partial charge in [0.15, 0.2) is 12.4 Å². The lowest BCUT2D eigenvalue weighted by Crippen LogP contribution is -2.66. The maximum Gasteiger partial charge on any atom is 0.306 e. The van der Waals surface area contributed by atoms with Gasteiger partial charge < -0.3 is 44.0 Å². The zero-order chi connectivity index (χ0) is 49.3. The van der Waals surface area contributed by atoms with Gasteiger partial charge in [0.1, 0.15) is 35.9 Å². The van der Waals surface area contributed by atoms with E-state index in [4.69, 9.17) is 51.6 Å². The molecule has 1 aliphatic heterocycles. The Labute approximate surface area is 421 Å². The molecule has 0 unspecified atom stereocenters. The highest BCUT2D eigenvalue weighted by Gasteiger charge is 2.48. The molecule has 6 atom stereocenters. The summed E-state index contributed by atoms with van der Waals surface area (Å²) in [4.78, 5) is 40.7. The number of halogens is 2. The van der Waals surface area contributed by atoms with Crippen molar-refractivity contribution in [2.24, 2.45) is 0 Å². The molecule has 1 saturated heterocycles. The molecule has 3 N–H and O–H groups in total. The fraction of sp³-hybridized carbons (Fsp3) is 0.618. The summed E-state index contributed by atoms with van der Waals surface area (Å²) < 4.78 is 35.8. The van der Waals surface area contributed by atoms with E-state index in [1.807, 2.05) is 54.6 Å². The summed E-state index contributed by atoms with van der Waals surface area (Å²) in [6.45, 7) is 2.91. The van der Waals surface area contributed by atoms with E-state index in [1.54, 1.807) is 24.3 Å². The third-order valence-electron chi connectivity index (χ3n) is 12.3. The first-order valence-electron chi connectivity index (χ1n) is 25.7. The van der Waals surface area contributed by atoms with Gasteiger partial charge in [-0.2, -0.15) is 0 Å². The van der Waals surface area contributed by atoms with Gasteiger partial charge in [0.05, 0.1) is 32.8 Å². The van der Waals surface area contributed by atoms with Crippen LogP contribution >= 0.6 is 23.2 Å². The molecule has 0 radical (unpaired) electrons. The Hall–Kier alpha value is -3.91. The van der Waals surface area contributed by atoms with E-state index in [2.05, 4.69) is 12.2 Å². The summed E-state index contributed by atoms with van der Waals surface area (Å²) in [5, 5.41) is 26.0.